The third-order valence-corrected chi connectivity index (χ3v) is 15.0. The first-order chi connectivity index (χ1) is 35.4. The van der Waals surface area contributed by atoms with Gasteiger partial charge in [0.05, 0.1) is 25.2 Å². The number of aliphatic hydroxyl groups is 4. The van der Waals surface area contributed by atoms with Gasteiger partial charge in [0.1, 0.15) is 36.1 Å². The van der Waals surface area contributed by atoms with Crippen LogP contribution in [0.5, 0.6) is 17.2 Å². The van der Waals surface area contributed by atoms with Crippen LogP contribution < -0.4 is 14.8 Å². The summed E-state index contributed by atoms with van der Waals surface area (Å²) in [5, 5.41) is 60.6. The molecule has 73 heavy (non-hydrogen) atoms. The number of phenolic OH excluding ortho intramolecular Hbond substituents is 1. The zero-order chi connectivity index (χ0) is 51.4. The van der Waals surface area contributed by atoms with Gasteiger partial charge in [-0.05, 0) is 151 Å². The summed E-state index contributed by atoms with van der Waals surface area (Å²) in [7, 11) is 1.57. The molecule has 6 bridgehead atoms. The van der Waals surface area contributed by atoms with Crippen molar-refractivity contribution in [2.45, 2.75) is 147 Å². The van der Waals surface area contributed by atoms with Gasteiger partial charge in [0.25, 0.3) is 0 Å². The number of ketones is 1. The van der Waals surface area contributed by atoms with Crippen LogP contribution in [0.25, 0.3) is 16.8 Å². The Morgan fingerprint density at radius 1 is 0.863 bits per heavy atom. The number of unbranched alkanes of at least 4 members (excludes halogenated alkanes) is 3. The molecule has 0 saturated heterocycles. The average molecular weight is 988 g/mol. The Morgan fingerprint density at radius 2 is 1.67 bits per heavy atom. The maximum Gasteiger partial charge on any atom is 0.178 e. The van der Waals surface area contributed by atoms with Gasteiger partial charge in [-0.3, -0.25) is 4.79 Å². The average Bonchev–Trinajstić information content (AvgIpc) is 3.37. The second kappa shape index (κ2) is 24.9. The lowest BCUT2D eigenvalue weighted by Crippen LogP contribution is -2.33. The number of carbonyl (C=O) groups excluding carboxylic acids is 1. The molecule has 0 spiro atoms. The Balaban J connectivity index is 1.06. The molecule has 0 saturated carbocycles. The van der Waals surface area contributed by atoms with Gasteiger partial charge in [-0.2, -0.15) is 0 Å². The summed E-state index contributed by atoms with van der Waals surface area (Å²) in [5.41, 5.74) is 7.45. The number of aryl methyl sites for hydroxylation is 2. The largest absolute Gasteiger partial charge is 0.508 e. The Hall–Kier alpha value is -6.51. The van der Waals surface area contributed by atoms with Crippen molar-refractivity contribution in [3.8, 4) is 29.3 Å². The van der Waals surface area contributed by atoms with Crippen LogP contribution in [-0.4, -0.2) is 56.7 Å². The van der Waals surface area contributed by atoms with Crippen LogP contribution in [-0.2, 0) is 35.4 Å². The van der Waals surface area contributed by atoms with Crippen LogP contribution in [0.2, 0.25) is 0 Å². The zero-order valence-electron chi connectivity index (χ0n) is 42.9. The van der Waals surface area contributed by atoms with Crippen LogP contribution in [0.1, 0.15) is 148 Å². The number of methoxy groups -OCH3 is 1. The summed E-state index contributed by atoms with van der Waals surface area (Å²) in [6, 6.07) is 27.7. The minimum Gasteiger partial charge on any atom is -0.508 e. The fraction of sp³-hybridized carbons (Fsp3) is 0.413. The van der Waals surface area contributed by atoms with Gasteiger partial charge in [0.15, 0.2) is 17.8 Å². The molecular weight excluding hydrogens is 915 g/mol. The molecule has 10 heteroatoms. The van der Waals surface area contributed by atoms with E-state index in [0.29, 0.717) is 53.7 Å². The number of fused-ring (bicyclic) bond motifs is 9. The Labute approximate surface area is 431 Å². The number of benzene rings is 5. The van der Waals surface area contributed by atoms with Gasteiger partial charge in [-0.1, -0.05) is 112 Å². The van der Waals surface area contributed by atoms with Crippen LogP contribution in [0.15, 0.2) is 115 Å². The lowest BCUT2D eigenvalue weighted by Gasteiger charge is -2.28. The molecule has 4 aliphatic rings. The number of Topliss-reactive ketones (excluding diaryl/α,β-unsaturated/α-hetero) is 1. The van der Waals surface area contributed by atoms with Crippen molar-refractivity contribution in [2.24, 2.45) is 11.8 Å². The minimum absolute atomic E-state index is 0.00928. The van der Waals surface area contributed by atoms with E-state index in [0.717, 1.165) is 72.7 Å². The molecule has 7 atom stereocenters. The Bertz CT molecular complexity index is 2850. The molecular formula is C63H73NO9. The van der Waals surface area contributed by atoms with Gasteiger partial charge in [-0.25, -0.2) is 0 Å². The smallest absolute Gasteiger partial charge is 0.178 e. The lowest BCUT2D eigenvalue weighted by molar-refractivity contribution is -0.121. The highest BCUT2D eigenvalue weighted by Gasteiger charge is 2.30. The molecule has 2 aliphatic carbocycles. The van der Waals surface area contributed by atoms with E-state index in [1.54, 1.807) is 19.3 Å². The third kappa shape index (κ3) is 13.4. The van der Waals surface area contributed by atoms with Crippen molar-refractivity contribution in [3.63, 3.8) is 0 Å². The van der Waals surface area contributed by atoms with Crippen molar-refractivity contribution >= 4 is 28.3 Å². The highest BCUT2D eigenvalue weighted by Crippen LogP contribution is 2.47. The van der Waals surface area contributed by atoms with E-state index in [1.807, 2.05) is 61.5 Å². The normalized spacial score (nSPS) is 20.5. The number of nitrogens with one attached hydrogen (secondary N) is 1. The first-order valence-corrected chi connectivity index (χ1v) is 26.4. The van der Waals surface area contributed by atoms with Gasteiger partial charge < -0.3 is 45.1 Å². The molecule has 0 amide bonds. The van der Waals surface area contributed by atoms with Crippen molar-refractivity contribution in [1.82, 2.24) is 0 Å². The van der Waals surface area contributed by atoms with Crippen molar-refractivity contribution in [2.75, 3.05) is 12.4 Å². The summed E-state index contributed by atoms with van der Waals surface area (Å²) < 4.78 is 18.7. The Morgan fingerprint density at radius 3 is 2.45 bits per heavy atom. The first-order valence-electron chi connectivity index (χ1n) is 26.4. The molecule has 5 aromatic rings. The first kappa shape index (κ1) is 52.8. The molecule has 384 valence electrons. The van der Waals surface area contributed by atoms with Crippen molar-refractivity contribution in [3.05, 3.63) is 159 Å². The maximum absolute atomic E-state index is 14.0. The maximum atomic E-state index is 14.0. The van der Waals surface area contributed by atoms with Crippen molar-refractivity contribution in [1.29, 1.82) is 0 Å². The summed E-state index contributed by atoms with van der Waals surface area (Å²) in [4.78, 5) is 14.0. The van der Waals surface area contributed by atoms with E-state index in [1.165, 1.54) is 11.1 Å². The topological polar surface area (TPSA) is 158 Å². The molecule has 0 fully saturated rings. The molecule has 2 heterocycles. The van der Waals surface area contributed by atoms with Gasteiger partial charge in [0, 0.05) is 41.1 Å². The highest BCUT2D eigenvalue weighted by atomic mass is 16.5. The molecule has 10 nitrogen and oxygen atoms in total. The Kier molecular flexibility index (Phi) is 18.0. The number of carbonyl (C=O) groups is 1. The number of aromatic hydroxyl groups is 1. The summed E-state index contributed by atoms with van der Waals surface area (Å²) in [6.45, 7) is 6.05. The predicted octanol–water partition coefficient (Wildman–Crippen LogP) is 12.6. The van der Waals surface area contributed by atoms with E-state index in [4.69, 9.17) is 14.2 Å². The number of phenols is 1. The van der Waals surface area contributed by atoms with Crippen LogP contribution >= 0.6 is 0 Å². The molecule has 0 radical (unpaired) electrons. The molecule has 5 aromatic carbocycles. The SMILES string of the molecule is CCCCCC1C#COC(CC2C=C(O)C=CC2CCCCc2cccc(NC(Cc3ccccc3)C(C)O)c2)CC(=O)CCc2ccc(OC)c(c2)OCc2c(C(O)O)cc3c1c(O)cc1c3c2C=CC1C. The van der Waals surface area contributed by atoms with Crippen molar-refractivity contribution < 1.29 is 44.5 Å². The molecule has 0 aromatic heterocycles. The van der Waals surface area contributed by atoms with Crippen LogP contribution in [0.4, 0.5) is 5.69 Å². The molecule has 2 aliphatic heterocycles. The number of anilines is 1. The standard InChI is InChI=1S/C63H73NO9/c1-5-6-8-19-46-29-30-72-51(35-47-34-49(66)26-24-45(47)18-12-11-16-42-17-13-20-48(31-42)64-57(41(3)65)32-43-14-9-7-10-15-43)36-50(67)25-22-44-23-28-59(71-4)60(33-44)73-39-56-52-27-21-40(2)53-38-58(68)61(46)55(62(52)53)37-54(56)63(69)70/h7,9-10,13-15,17,20-21,23-24,26-28,31,33-34,37-38,40-41,45-47,51,57,63-66,68-70H,5-6,8,11-12,16,18-19,22,25,32,35-36,39H2,1-4H3. The van der Waals surface area contributed by atoms with Crippen LogP contribution in [0, 0.1) is 23.9 Å². The van der Waals surface area contributed by atoms with E-state index in [-0.39, 0.29) is 66.1 Å². The summed E-state index contributed by atoms with van der Waals surface area (Å²) >= 11 is 0. The summed E-state index contributed by atoms with van der Waals surface area (Å²) in [6.07, 6.45) is 19.0. The number of allylic oxidation sites excluding steroid dienone is 4. The fourth-order valence-electron chi connectivity index (χ4n) is 11.0. The van der Waals surface area contributed by atoms with Gasteiger partial charge in [0.2, 0.25) is 0 Å². The van der Waals surface area contributed by atoms with E-state index in [2.05, 4.69) is 79.7 Å². The van der Waals surface area contributed by atoms with Crippen LogP contribution in [0.3, 0.4) is 0 Å². The third-order valence-electron chi connectivity index (χ3n) is 15.0. The van der Waals surface area contributed by atoms with E-state index in [9.17, 15) is 30.3 Å². The second-order valence-electron chi connectivity index (χ2n) is 20.4. The minimum atomic E-state index is -1.83. The number of ether oxygens (including phenoxy) is 3. The quantitative estimate of drug-likeness (QED) is 0.0284. The number of rotatable bonds is 18. The van der Waals surface area contributed by atoms with Gasteiger partial charge >= 0.3 is 0 Å². The number of aliphatic hydroxyl groups excluding tert-OH is 3. The predicted molar refractivity (Wildman–Crippen MR) is 290 cm³/mol. The van der Waals surface area contributed by atoms with E-state index < -0.39 is 24.4 Å². The second-order valence-corrected chi connectivity index (χ2v) is 20.4. The van der Waals surface area contributed by atoms with Gasteiger partial charge in [-0.15, -0.1) is 0 Å². The lowest BCUT2D eigenvalue weighted by atomic mass is 9.78. The number of hydrogen-bond donors (Lipinski definition) is 6. The molecule has 6 N–H and O–H groups in total. The fourth-order valence-corrected chi connectivity index (χ4v) is 11.0. The van der Waals surface area contributed by atoms with E-state index >= 15 is 0 Å². The summed E-state index contributed by atoms with van der Waals surface area (Å²) in [5.74, 6) is 4.15. The zero-order valence-corrected chi connectivity index (χ0v) is 42.9. The highest BCUT2D eigenvalue weighted by molar-refractivity contribution is 6.01. The molecule has 9 rings (SSSR count). The molecule has 7 unspecified atom stereocenters. The number of hydrogen-bond acceptors (Lipinski definition) is 10. The monoisotopic (exact) mass is 988 g/mol.